The second kappa shape index (κ2) is 7.16. The van der Waals surface area contributed by atoms with Crippen molar-refractivity contribution in [3.8, 4) is 0 Å². The standard InChI is InChI=1S/C16H25ClN2/c1-3-15-7-5-4-6-10-19(15)16-9-8-14(17)11-13(16)12-18-2/h8-9,11,15,18H,3-7,10,12H2,1-2H3. The van der Waals surface area contributed by atoms with Gasteiger partial charge in [0.05, 0.1) is 0 Å². The molecule has 2 nitrogen and oxygen atoms in total. The molecule has 0 spiro atoms. The summed E-state index contributed by atoms with van der Waals surface area (Å²) in [6.07, 6.45) is 6.57. The summed E-state index contributed by atoms with van der Waals surface area (Å²) in [6, 6.07) is 7.00. The molecule has 106 valence electrons. The van der Waals surface area contributed by atoms with Crippen molar-refractivity contribution in [2.45, 2.75) is 51.6 Å². The van der Waals surface area contributed by atoms with Crippen LogP contribution in [0.2, 0.25) is 5.02 Å². The van der Waals surface area contributed by atoms with Crippen LogP contribution < -0.4 is 10.2 Å². The van der Waals surface area contributed by atoms with Gasteiger partial charge in [-0.3, -0.25) is 0 Å². The number of halogens is 1. The van der Waals surface area contributed by atoms with Crippen LogP contribution in [0, 0.1) is 0 Å². The van der Waals surface area contributed by atoms with Crippen molar-refractivity contribution < 1.29 is 0 Å². The molecule has 1 aromatic rings. The third-order valence-electron chi connectivity index (χ3n) is 4.07. The molecule has 1 aliphatic heterocycles. The molecule has 19 heavy (non-hydrogen) atoms. The van der Waals surface area contributed by atoms with Gasteiger partial charge in [0.25, 0.3) is 0 Å². The number of hydrogen-bond acceptors (Lipinski definition) is 2. The van der Waals surface area contributed by atoms with Crippen molar-refractivity contribution in [2.75, 3.05) is 18.5 Å². The van der Waals surface area contributed by atoms with Crippen LogP contribution in [0.5, 0.6) is 0 Å². The Balaban J connectivity index is 2.31. The Morgan fingerprint density at radius 3 is 2.89 bits per heavy atom. The molecular formula is C16H25ClN2. The highest BCUT2D eigenvalue weighted by atomic mass is 35.5. The zero-order chi connectivity index (χ0) is 13.7. The smallest absolute Gasteiger partial charge is 0.0415 e. The molecule has 1 atom stereocenters. The molecule has 1 N–H and O–H groups in total. The highest BCUT2D eigenvalue weighted by Crippen LogP contribution is 2.30. The van der Waals surface area contributed by atoms with Crippen LogP contribution in [0.1, 0.15) is 44.6 Å². The average Bonchev–Trinajstić information content (AvgIpc) is 2.64. The summed E-state index contributed by atoms with van der Waals surface area (Å²) in [5, 5.41) is 4.08. The van der Waals surface area contributed by atoms with E-state index < -0.39 is 0 Å². The van der Waals surface area contributed by atoms with Gasteiger partial charge in [-0.1, -0.05) is 31.4 Å². The number of rotatable bonds is 4. The molecule has 1 saturated heterocycles. The molecule has 0 amide bonds. The zero-order valence-electron chi connectivity index (χ0n) is 12.1. The van der Waals surface area contributed by atoms with Gasteiger partial charge in [0, 0.05) is 29.8 Å². The number of hydrogen-bond donors (Lipinski definition) is 1. The van der Waals surface area contributed by atoms with Crippen LogP contribution in [0.25, 0.3) is 0 Å². The van der Waals surface area contributed by atoms with Gasteiger partial charge in [0.2, 0.25) is 0 Å². The van der Waals surface area contributed by atoms with E-state index in [1.165, 1.54) is 49.9 Å². The van der Waals surface area contributed by atoms with Gasteiger partial charge in [-0.15, -0.1) is 0 Å². The molecule has 1 aromatic carbocycles. The van der Waals surface area contributed by atoms with Gasteiger partial charge in [0.1, 0.15) is 0 Å². The van der Waals surface area contributed by atoms with E-state index in [0.29, 0.717) is 6.04 Å². The fourth-order valence-electron chi connectivity index (χ4n) is 3.09. The van der Waals surface area contributed by atoms with Gasteiger partial charge in [-0.25, -0.2) is 0 Å². The van der Waals surface area contributed by atoms with E-state index in [1.54, 1.807) is 0 Å². The molecule has 1 heterocycles. The predicted molar refractivity (Wildman–Crippen MR) is 84.1 cm³/mol. The Labute approximate surface area is 122 Å². The van der Waals surface area contributed by atoms with Gasteiger partial charge in [0.15, 0.2) is 0 Å². The summed E-state index contributed by atoms with van der Waals surface area (Å²) in [7, 11) is 1.99. The van der Waals surface area contributed by atoms with E-state index in [0.717, 1.165) is 11.6 Å². The molecule has 1 unspecified atom stereocenters. The van der Waals surface area contributed by atoms with E-state index in [9.17, 15) is 0 Å². The molecule has 0 bridgehead atoms. The van der Waals surface area contributed by atoms with Gasteiger partial charge in [-0.2, -0.15) is 0 Å². The Bertz CT molecular complexity index is 406. The van der Waals surface area contributed by atoms with Crippen molar-refractivity contribution >= 4 is 17.3 Å². The van der Waals surface area contributed by atoms with E-state index in [1.807, 2.05) is 13.1 Å². The molecule has 0 aromatic heterocycles. The maximum Gasteiger partial charge on any atom is 0.0415 e. The minimum atomic E-state index is 0.680. The van der Waals surface area contributed by atoms with E-state index in [-0.39, 0.29) is 0 Å². The maximum atomic E-state index is 6.15. The number of benzene rings is 1. The maximum absolute atomic E-state index is 6.15. The summed E-state index contributed by atoms with van der Waals surface area (Å²) >= 11 is 6.15. The fourth-order valence-corrected chi connectivity index (χ4v) is 3.28. The van der Waals surface area contributed by atoms with Crippen LogP contribution in [0.4, 0.5) is 5.69 Å². The first kappa shape index (κ1) is 14.7. The Morgan fingerprint density at radius 1 is 1.32 bits per heavy atom. The fraction of sp³-hybridized carbons (Fsp3) is 0.625. The molecule has 0 aliphatic carbocycles. The number of nitrogens with zero attached hydrogens (tertiary/aromatic N) is 1. The lowest BCUT2D eigenvalue weighted by Gasteiger charge is -2.33. The Morgan fingerprint density at radius 2 is 2.16 bits per heavy atom. The molecule has 1 fully saturated rings. The normalized spacial score (nSPS) is 20.4. The molecule has 0 radical (unpaired) electrons. The predicted octanol–water partition coefficient (Wildman–Crippen LogP) is 4.22. The number of nitrogens with one attached hydrogen (secondary N) is 1. The molecule has 3 heteroatoms. The van der Waals surface area contributed by atoms with Crippen molar-refractivity contribution in [1.29, 1.82) is 0 Å². The monoisotopic (exact) mass is 280 g/mol. The van der Waals surface area contributed by atoms with Crippen LogP contribution in [0.3, 0.4) is 0 Å². The second-order valence-corrected chi connectivity index (χ2v) is 5.84. The van der Waals surface area contributed by atoms with Crippen molar-refractivity contribution in [2.24, 2.45) is 0 Å². The van der Waals surface area contributed by atoms with Crippen molar-refractivity contribution in [3.63, 3.8) is 0 Å². The van der Waals surface area contributed by atoms with E-state index in [4.69, 9.17) is 11.6 Å². The lowest BCUT2D eigenvalue weighted by molar-refractivity contribution is 0.554. The van der Waals surface area contributed by atoms with Crippen LogP contribution in [-0.4, -0.2) is 19.6 Å². The molecule has 1 aliphatic rings. The van der Waals surface area contributed by atoms with Crippen molar-refractivity contribution in [3.05, 3.63) is 28.8 Å². The first-order chi connectivity index (χ1) is 9.26. The first-order valence-corrected chi connectivity index (χ1v) is 7.83. The minimum absolute atomic E-state index is 0.680. The average molecular weight is 281 g/mol. The largest absolute Gasteiger partial charge is 0.368 e. The highest BCUT2D eigenvalue weighted by Gasteiger charge is 2.21. The summed E-state index contributed by atoms with van der Waals surface area (Å²) in [6.45, 7) is 4.36. The van der Waals surface area contributed by atoms with E-state index in [2.05, 4.69) is 29.3 Å². The Hall–Kier alpha value is -0.730. The molecule has 0 saturated carbocycles. The topological polar surface area (TPSA) is 15.3 Å². The summed E-state index contributed by atoms with van der Waals surface area (Å²) in [5.41, 5.74) is 2.68. The SMILES string of the molecule is CCC1CCCCCN1c1ccc(Cl)cc1CNC. The van der Waals surface area contributed by atoms with Crippen LogP contribution >= 0.6 is 11.6 Å². The van der Waals surface area contributed by atoms with Crippen LogP contribution in [-0.2, 0) is 6.54 Å². The second-order valence-electron chi connectivity index (χ2n) is 5.41. The minimum Gasteiger partial charge on any atom is -0.368 e. The summed E-state index contributed by atoms with van der Waals surface area (Å²) in [5.74, 6) is 0. The van der Waals surface area contributed by atoms with Gasteiger partial charge in [-0.05, 0) is 50.1 Å². The molecular weight excluding hydrogens is 256 g/mol. The quantitative estimate of drug-likeness (QED) is 0.888. The zero-order valence-corrected chi connectivity index (χ0v) is 12.8. The summed E-state index contributed by atoms with van der Waals surface area (Å²) in [4.78, 5) is 2.61. The third kappa shape index (κ3) is 3.64. The van der Waals surface area contributed by atoms with Crippen LogP contribution in [0.15, 0.2) is 18.2 Å². The lowest BCUT2D eigenvalue weighted by Crippen LogP contribution is -2.35. The van der Waals surface area contributed by atoms with Gasteiger partial charge >= 0.3 is 0 Å². The third-order valence-corrected chi connectivity index (χ3v) is 4.30. The Kier molecular flexibility index (Phi) is 5.53. The molecule has 2 rings (SSSR count). The van der Waals surface area contributed by atoms with Gasteiger partial charge < -0.3 is 10.2 Å². The van der Waals surface area contributed by atoms with Crippen molar-refractivity contribution in [1.82, 2.24) is 5.32 Å². The summed E-state index contributed by atoms with van der Waals surface area (Å²) < 4.78 is 0. The lowest BCUT2D eigenvalue weighted by atomic mass is 10.1. The number of anilines is 1. The van der Waals surface area contributed by atoms with E-state index >= 15 is 0 Å². The highest BCUT2D eigenvalue weighted by molar-refractivity contribution is 6.30. The first-order valence-electron chi connectivity index (χ1n) is 7.46.